The maximum absolute atomic E-state index is 13.0. The molecule has 0 saturated carbocycles. The third kappa shape index (κ3) is 4.12. The summed E-state index contributed by atoms with van der Waals surface area (Å²) in [4.78, 5) is 19.6. The molecule has 8 heteroatoms. The Labute approximate surface area is 178 Å². The van der Waals surface area contributed by atoms with Crippen molar-refractivity contribution in [2.24, 2.45) is 5.92 Å². The molecular formula is C22H33N5O3. The second-order valence-electron chi connectivity index (χ2n) is 8.99. The molecule has 1 aromatic rings. The van der Waals surface area contributed by atoms with E-state index in [1.54, 1.807) is 0 Å². The molecule has 0 aromatic carbocycles. The first-order valence-electron chi connectivity index (χ1n) is 11.6. The molecule has 1 aromatic heterocycles. The highest BCUT2D eigenvalue weighted by Crippen LogP contribution is 2.33. The highest BCUT2D eigenvalue weighted by atomic mass is 16.7. The lowest BCUT2D eigenvalue weighted by Gasteiger charge is -2.40. The van der Waals surface area contributed by atoms with Crippen LogP contribution in [-0.4, -0.2) is 79.3 Å². The third-order valence-corrected chi connectivity index (χ3v) is 7.14. The lowest BCUT2D eigenvalue weighted by atomic mass is 9.93. The Kier molecular flexibility index (Phi) is 5.78. The van der Waals surface area contributed by atoms with Crippen LogP contribution < -0.4 is 9.80 Å². The van der Waals surface area contributed by atoms with Crippen molar-refractivity contribution < 1.29 is 14.3 Å². The number of carbonyl (C=O) groups excluding carboxylic acids is 1. The predicted octanol–water partition coefficient (Wildman–Crippen LogP) is 2.05. The van der Waals surface area contributed by atoms with Crippen molar-refractivity contribution in [3.05, 3.63) is 12.1 Å². The molecule has 0 unspecified atom stereocenters. The summed E-state index contributed by atoms with van der Waals surface area (Å²) >= 11 is 0. The summed E-state index contributed by atoms with van der Waals surface area (Å²) in [6.07, 6.45) is 7.13. The zero-order chi connectivity index (χ0) is 20.4. The summed E-state index contributed by atoms with van der Waals surface area (Å²) in [5.41, 5.74) is 0. The first-order valence-corrected chi connectivity index (χ1v) is 11.6. The molecule has 0 atom stereocenters. The quantitative estimate of drug-likeness (QED) is 0.748. The monoisotopic (exact) mass is 415 g/mol. The van der Waals surface area contributed by atoms with E-state index in [4.69, 9.17) is 9.47 Å². The molecule has 0 radical (unpaired) electrons. The topological polar surface area (TPSA) is 71.0 Å². The Morgan fingerprint density at radius 2 is 1.40 bits per heavy atom. The number of likely N-dealkylation sites (tertiary alicyclic amines) is 1. The lowest BCUT2D eigenvalue weighted by molar-refractivity contribution is -0.188. The minimum Gasteiger partial charge on any atom is -0.355 e. The Hall–Kier alpha value is -1.93. The van der Waals surface area contributed by atoms with Crippen LogP contribution in [0.15, 0.2) is 12.1 Å². The number of hydrogen-bond donors (Lipinski definition) is 0. The van der Waals surface area contributed by atoms with E-state index < -0.39 is 5.79 Å². The number of hydrogen-bond acceptors (Lipinski definition) is 7. The number of ether oxygens (including phenoxy) is 2. The van der Waals surface area contributed by atoms with E-state index in [-0.39, 0.29) is 5.92 Å². The van der Waals surface area contributed by atoms with E-state index in [0.717, 1.165) is 76.6 Å². The van der Waals surface area contributed by atoms with Gasteiger partial charge in [-0.25, -0.2) is 0 Å². The van der Waals surface area contributed by atoms with Gasteiger partial charge in [0.1, 0.15) is 0 Å². The van der Waals surface area contributed by atoms with Gasteiger partial charge in [-0.2, -0.15) is 0 Å². The first kappa shape index (κ1) is 20.0. The molecule has 164 valence electrons. The normalized spacial score (nSPS) is 25.1. The number of aromatic nitrogens is 2. The Morgan fingerprint density at radius 1 is 0.833 bits per heavy atom. The zero-order valence-corrected chi connectivity index (χ0v) is 17.8. The van der Waals surface area contributed by atoms with Crippen LogP contribution in [0.4, 0.5) is 11.6 Å². The van der Waals surface area contributed by atoms with Crippen molar-refractivity contribution in [1.82, 2.24) is 15.1 Å². The van der Waals surface area contributed by atoms with Gasteiger partial charge >= 0.3 is 0 Å². The summed E-state index contributed by atoms with van der Waals surface area (Å²) in [5, 5.41) is 8.96. The molecule has 1 amide bonds. The first-order chi connectivity index (χ1) is 14.7. The van der Waals surface area contributed by atoms with Crippen LogP contribution in [0.1, 0.15) is 44.9 Å². The van der Waals surface area contributed by atoms with Crippen LogP contribution in [0.2, 0.25) is 0 Å². The summed E-state index contributed by atoms with van der Waals surface area (Å²) in [6, 6.07) is 4.19. The number of carbonyl (C=O) groups is 1. The van der Waals surface area contributed by atoms with Gasteiger partial charge in [0.05, 0.1) is 13.2 Å². The van der Waals surface area contributed by atoms with Gasteiger partial charge in [0.15, 0.2) is 17.4 Å². The molecule has 4 fully saturated rings. The van der Waals surface area contributed by atoms with Crippen LogP contribution >= 0.6 is 0 Å². The molecule has 1 spiro atoms. The van der Waals surface area contributed by atoms with Gasteiger partial charge in [-0.1, -0.05) is 0 Å². The number of anilines is 2. The van der Waals surface area contributed by atoms with Gasteiger partial charge in [-0.15, -0.1) is 10.2 Å². The smallest absolute Gasteiger partial charge is 0.225 e. The standard InChI is InChI=1S/C22H33N5O3/c28-21(27-14-8-22(9-15-27)29-16-17-30-22)18-6-12-26(13-7-18)20-5-4-19(23-24-20)25-10-2-1-3-11-25/h4-5,18H,1-3,6-17H2. The second-order valence-corrected chi connectivity index (χ2v) is 8.99. The van der Waals surface area contributed by atoms with Crippen molar-refractivity contribution in [2.45, 2.75) is 50.7 Å². The van der Waals surface area contributed by atoms with Crippen LogP contribution in [-0.2, 0) is 14.3 Å². The number of piperidine rings is 3. The van der Waals surface area contributed by atoms with E-state index >= 15 is 0 Å². The van der Waals surface area contributed by atoms with E-state index in [1.165, 1.54) is 19.3 Å². The largest absolute Gasteiger partial charge is 0.355 e. The maximum atomic E-state index is 13.0. The molecule has 0 aliphatic carbocycles. The van der Waals surface area contributed by atoms with Crippen molar-refractivity contribution in [3.8, 4) is 0 Å². The molecule has 4 aliphatic rings. The molecule has 4 aliphatic heterocycles. The van der Waals surface area contributed by atoms with Gasteiger partial charge in [0.2, 0.25) is 5.91 Å². The fourth-order valence-corrected chi connectivity index (χ4v) is 5.25. The van der Waals surface area contributed by atoms with E-state index in [9.17, 15) is 4.79 Å². The summed E-state index contributed by atoms with van der Waals surface area (Å²) in [5.74, 6) is 1.91. The number of amides is 1. The van der Waals surface area contributed by atoms with E-state index in [1.807, 2.05) is 4.90 Å². The molecule has 30 heavy (non-hydrogen) atoms. The number of rotatable bonds is 3. The average molecular weight is 416 g/mol. The zero-order valence-electron chi connectivity index (χ0n) is 17.8. The molecule has 5 heterocycles. The molecule has 0 bridgehead atoms. The summed E-state index contributed by atoms with van der Waals surface area (Å²) in [6.45, 7) is 6.71. The van der Waals surface area contributed by atoms with E-state index in [2.05, 4.69) is 32.1 Å². The van der Waals surface area contributed by atoms with Crippen LogP contribution in [0.25, 0.3) is 0 Å². The van der Waals surface area contributed by atoms with Gasteiger partial charge in [0, 0.05) is 58.0 Å². The van der Waals surface area contributed by atoms with Crippen molar-refractivity contribution >= 4 is 17.5 Å². The molecule has 5 rings (SSSR count). The fourth-order valence-electron chi connectivity index (χ4n) is 5.25. The summed E-state index contributed by atoms with van der Waals surface area (Å²) in [7, 11) is 0. The second kappa shape index (κ2) is 8.67. The Morgan fingerprint density at radius 3 is 1.97 bits per heavy atom. The molecular weight excluding hydrogens is 382 g/mol. The average Bonchev–Trinajstić information content (AvgIpc) is 3.28. The molecule has 8 nitrogen and oxygen atoms in total. The Balaban J connectivity index is 1.11. The van der Waals surface area contributed by atoms with E-state index in [0.29, 0.717) is 19.1 Å². The highest BCUT2D eigenvalue weighted by molar-refractivity contribution is 5.79. The molecule has 0 N–H and O–H groups in total. The molecule has 4 saturated heterocycles. The van der Waals surface area contributed by atoms with Crippen LogP contribution in [0, 0.1) is 5.92 Å². The maximum Gasteiger partial charge on any atom is 0.225 e. The Bertz CT molecular complexity index is 713. The fraction of sp³-hybridized carbons (Fsp3) is 0.773. The predicted molar refractivity (Wildman–Crippen MR) is 113 cm³/mol. The van der Waals surface area contributed by atoms with Crippen molar-refractivity contribution in [3.63, 3.8) is 0 Å². The van der Waals surface area contributed by atoms with Crippen molar-refractivity contribution in [1.29, 1.82) is 0 Å². The lowest BCUT2D eigenvalue weighted by Crippen LogP contribution is -2.50. The van der Waals surface area contributed by atoms with Gasteiger partial charge in [-0.3, -0.25) is 4.79 Å². The highest BCUT2D eigenvalue weighted by Gasteiger charge is 2.42. The van der Waals surface area contributed by atoms with Gasteiger partial charge in [-0.05, 0) is 44.2 Å². The van der Waals surface area contributed by atoms with Crippen LogP contribution in [0.5, 0.6) is 0 Å². The minimum atomic E-state index is -0.417. The van der Waals surface area contributed by atoms with Crippen LogP contribution in [0.3, 0.4) is 0 Å². The summed E-state index contributed by atoms with van der Waals surface area (Å²) < 4.78 is 11.6. The minimum absolute atomic E-state index is 0.112. The third-order valence-electron chi connectivity index (χ3n) is 7.14. The van der Waals surface area contributed by atoms with Gasteiger partial charge < -0.3 is 24.2 Å². The number of nitrogens with zero attached hydrogens (tertiary/aromatic N) is 5. The van der Waals surface area contributed by atoms with Crippen molar-refractivity contribution in [2.75, 3.05) is 62.3 Å². The SMILES string of the molecule is O=C(C1CCN(c2ccc(N3CCCCC3)nn2)CC1)N1CCC2(CC1)OCCO2. The van der Waals surface area contributed by atoms with Gasteiger partial charge in [0.25, 0.3) is 0 Å².